The van der Waals surface area contributed by atoms with Crippen LogP contribution >= 0.6 is 11.6 Å². The van der Waals surface area contributed by atoms with Crippen LogP contribution in [0.5, 0.6) is 0 Å². The Morgan fingerprint density at radius 2 is 2.11 bits per heavy atom. The molecular formula is C21H18ClFN2O3. The highest BCUT2D eigenvalue weighted by Gasteiger charge is 2.19. The van der Waals surface area contributed by atoms with Crippen molar-refractivity contribution in [3.05, 3.63) is 70.5 Å². The van der Waals surface area contributed by atoms with Crippen molar-refractivity contribution < 1.29 is 18.3 Å². The van der Waals surface area contributed by atoms with E-state index < -0.39 is 5.82 Å². The van der Waals surface area contributed by atoms with E-state index in [1.54, 1.807) is 36.4 Å². The molecule has 2 heterocycles. The van der Waals surface area contributed by atoms with Gasteiger partial charge in [-0.1, -0.05) is 23.7 Å². The maximum absolute atomic E-state index is 14.1. The first kappa shape index (κ1) is 18.7. The summed E-state index contributed by atoms with van der Waals surface area (Å²) in [5, 5.41) is 4.03. The van der Waals surface area contributed by atoms with Gasteiger partial charge in [0.25, 0.3) is 5.91 Å². The second kappa shape index (κ2) is 8.12. The third-order valence-corrected chi connectivity index (χ3v) is 4.78. The lowest BCUT2D eigenvalue weighted by atomic mass is 10.1. The summed E-state index contributed by atoms with van der Waals surface area (Å²) in [6.45, 7) is 1.10. The molecule has 0 saturated carbocycles. The molecule has 1 aliphatic heterocycles. The quantitative estimate of drug-likeness (QED) is 0.707. The number of amides is 1. The lowest BCUT2D eigenvalue weighted by Gasteiger charge is -2.11. The molecule has 4 rings (SSSR count). The van der Waals surface area contributed by atoms with Crippen LogP contribution in [0.25, 0.3) is 11.0 Å². The van der Waals surface area contributed by atoms with E-state index in [9.17, 15) is 9.18 Å². The number of carbonyl (C=O) groups is 1. The predicted molar refractivity (Wildman–Crippen MR) is 104 cm³/mol. The van der Waals surface area contributed by atoms with Crippen molar-refractivity contribution in [2.45, 2.75) is 18.9 Å². The summed E-state index contributed by atoms with van der Waals surface area (Å²) in [4.78, 5) is 17.1. The average molecular weight is 401 g/mol. The summed E-state index contributed by atoms with van der Waals surface area (Å²) < 4.78 is 25.4. The van der Waals surface area contributed by atoms with Gasteiger partial charge in [0, 0.05) is 23.6 Å². The van der Waals surface area contributed by atoms with Crippen LogP contribution in [-0.2, 0) is 4.74 Å². The molecule has 1 aliphatic rings. The number of nitrogens with zero attached hydrogens (tertiary/aromatic N) is 1. The molecule has 0 aliphatic carbocycles. The average Bonchev–Trinajstić information content (AvgIpc) is 3.21. The number of para-hydroxylation sites is 1. The molecule has 0 spiro atoms. The number of halogens is 2. The van der Waals surface area contributed by atoms with Gasteiger partial charge in [-0.05, 0) is 49.2 Å². The predicted octanol–water partition coefficient (Wildman–Crippen LogP) is 4.37. The van der Waals surface area contributed by atoms with Gasteiger partial charge in [-0.3, -0.25) is 4.79 Å². The number of rotatable bonds is 4. The Morgan fingerprint density at radius 1 is 1.25 bits per heavy atom. The van der Waals surface area contributed by atoms with Crippen molar-refractivity contribution in [1.29, 1.82) is 0 Å². The molecular weight excluding hydrogens is 383 g/mol. The smallest absolute Gasteiger partial charge is 0.256 e. The largest absolute Gasteiger partial charge is 0.438 e. The van der Waals surface area contributed by atoms with Gasteiger partial charge in [-0.2, -0.15) is 0 Å². The van der Waals surface area contributed by atoms with Crippen molar-refractivity contribution in [2.24, 2.45) is 4.99 Å². The van der Waals surface area contributed by atoms with Gasteiger partial charge in [0.15, 0.2) is 0 Å². The molecule has 0 unspecified atom stereocenters. The standard InChI is InChI=1S/C21H18ClFN2O3/c22-14-7-8-19-13(10-14)11-16(20(26)24-12-15-4-3-9-27-15)21(28-19)25-18-6-2-1-5-17(18)23/h1-2,5-8,10-11,15H,3-4,9,12H2,(H,24,26)/t15-/m0/s1. The Kier molecular flexibility index (Phi) is 5.41. The van der Waals surface area contributed by atoms with Gasteiger partial charge < -0.3 is 14.5 Å². The number of benzene rings is 2. The SMILES string of the molecule is O=C(NC[C@@H]1CCCO1)c1cc2cc(Cl)ccc2oc1=Nc1ccccc1F. The molecule has 1 aromatic heterocycles. The summed E-state index contributed by atoms with van der Waals surface area (Å²) in [5.74, 6) is -0.865. The molecule has 3 aromatic rings. The van der Waals surface area contributed by atoms with Gasteiger partial charge in [-0.25, -0.2) is 9.38 Å². The van der Waals surface area contributed by atoms with Crippen LogP contribution in [0.2, 0.25) is 5.02 Å². The van der Waals surface area contributed by atoms with Gasteiger partial charge in [0.2, 0.25) is 5.55 Å². The Balaban J connectivity index is 1.77. The van der Waals surface area contributed by atoms with Gasteiger partial charge in [0.05, 0.1) is 6.10 Å². The van der Waals surface area contributed by atoms with Crippen LogP contribution in [-0.4, -0.2) is 25.2 Å². The maximum atomic E-state index is 14.1. The first-order chi connectivity index (χ1) is 13.6. The molecule has 1 fully saturated rings. The topological polar surface area (TPSA) is 63.8 Å². The lowest BCUT2D eigenvalue weighted by Crippen LogP contribution is -2.34. The second-order valence-corrected chi connectivity index (χ2v) is 6.99. The molecule has 1 amide bonds. The molecule has 28 heavy (non-hydrogen) atoms. The summed E-state index contributed by atoms with van der Waals surface area (Å²) in [6, 6.07) is 12.8. The maximum Gasteiger partial charge on any atom is 0.256 e. The third-order valence-electron chi connectivity index (χ3n) is 4.54. The molecule has 5 nitrogen and oxygen atoms in total. The molecule has 1 N–H and O–H groups in total. The van der Waals surface area contributed by atoms with Crippen LogP contribution in [0.4, 0.5) is 10.1 Å². The Morgan fingerprint density at radius 3 is 2.89 bits per heavy atom. The van der Waals surface area contributed by atoms with Crippen molar-refractivity contribution in [2.75, 3.05) is 13.2 Å². The van der Waals surface area contributed by atoms with Gasteiger partial charge >= 0.3 is 0 Å². The van der Waals surface area contributed by atoms with Gasteiger partial charge in [-0.15, -0.1) is 0 Å². The number of hydrogen-bond acceptors (Lipinski definition) is 4. The molecule has 7 heteroatoms. The fraction of sp³-hybridized carbons (Fsp3) is 0.238. The van der Waals surface area contributed by atoms with E-state index in [1.165, 1.54) is 12.1 Å². The van der Waals surface area contributed by atoms with E-state index in [4.69, 9.17) is 20.8 Å². The minimum Gasteiger partial charge on any atom is -0.438 e. The van der Waals surface area contributed by atoms with Crippen molar-refractivity contribution >= 4 is 34.2 Å². The first-order valence-electron chi connectivity index (χ1n) is 9.02. The molecule has 1 saturated heterocycles. The monoisotopic (exact) mass is 400 g/mol. The second-order valence-electron chi connectivity index (χ2n) is 6.56. The lowest BCUT2D eigenvalue weighted by molar-refractivity contribution is 0.0854. The number of nitrogens with one attached hydrogen (secondary N) is 1. The zero-order valence-electron chi connectivity index (χ0n) is 15.0. The Bertz CT molecular complexity index is 1090. The molecule has 144 valence electrons. The molecule has 0 bridgehead atoms. The van der Waals surface area contributed by atoms with Crippen molar-refractivity contribution in [3.63, 3.8) is 0 Å². The number of carbonyl (C=O) groups excluding carboxylic acids is 1. The van der Waals surface area contributed by atoms with Crippen LogP contribution in [0.1, 0.15) is 23.2 Å². The van der Waals surface area contributed by atoms with Gasteiger partial charge in [0.1, 0.15) is 22.7 Å². The van der Waals surface area contributed by atoms with E-state index in [-0.39, 0.29) is 28.8 Å². The van der Waals surface area contributed by atoms with Crippen LogP contribution in [0.3, 0.4) is 0 Å². The van der Waals surface area contributed by atoms with E-state index in [1.807, 2.05) is 0 Å². The van der Waals surface area contributed by atoms with Crippen LogP contribution in [0, 0.1) is 5.82 Å². The first-order valence-corrected chi connectivity index (χ1v) is 9.40. The minimum atomic E-state index is -0.500. The number of hydrogen-bond donors (Lipinski definition) is 1. The summed E-state index contributed by atoms with van der Waals surface area (Å²) in [5.41, 5.74) is 0.823. The highest BCUT2D eigenvalue weighted by Crippen LogP contribution is 2.21. The van der Waals surface area contributed by atoms with Crippen LogP contribution < -0.4 is 10.9 Å². The highest BCUT2D eigenvalue weighted by molar-refractivity contribution is 6.31. The minimum absolute atomic E-state index is 0.00254. The van der Waals surface area contributed by atoms with E-state index in [0.717, 1.165) is 12.8 Å². The van der Waals surface area contributed by atoms with Crippen LogP contribution in [0.15, 0.2) is 57.9 Å². The number of fused-ring (bicyclic) bond motifs is 1. The molecule has 2 aromatic carbocycles. The summed E-state index contributed by atoms with van der Waals surface area (Å²) in [6.07, 6.45) is 1.89. The Labute approximate surface area is 165 Å². The highest BCUT2D eigenvalue weighted by atomic mass is 35.5. The van der Waals surface area contributed by atoms with Crippen molar-refractivity contribution in [3.8, 4) is 0 Å². The van der Waals surface area contributed by atoms with Crippen molar-refractivity contribution in [1.82, 2.24) is 5.32 Å². The fourth-order valence-corrected chi connectivity index (χ4v) is 3.29. The molecule has 0 radical (unpaired) electrons. The summed E-state index contributed by atoms with van der Waals surface area (Å²) >= 11 is 6.06. The third kappa shape index (κ3) is 4.08. The zero-order valence-corrected chi connectivity index (χ0v) is 15.7. The Hall–Kier alpha value is -2.70. The van der Waals surface area contributed by atoms with E-state index in [2.05, 4.69) is 10.3 Å². The van der Waals surface area contributed by atoms with E-state index >= 15 is 0 Å². The van der Waals surface area contributed by atoms with E-state index in [0.29, 0.717) is 29.1 Å². The number of ether oxygens (including phenoxy) is 1. The summed E-state index contributed by atoms with van der Waals surface area (Å²) in [7, 11) is 0. The molecule has 1 atom stereocenters. The zero-order chi connectivity index (χ0) is 19.5. The normalized spacial score (nSPS) is 17.2. The fourth-order valence-electron chi connectivity index (χ4n) is 3.11.